The molecule has 0 aromatic heterocycles. The molecule has 15 heavy (non-hydrogen) atoms. The zero-order chi connectivity index (χ0) is 11.7. The fourth-order valence-electron chi connectivity index (χ4n) is 1.31. The van der Waals surface area contributed by atoms with E-state index >= 15 is 0 Å². The Bertz CT molecular complexity index is 189. The normalized spacial score (nSPS) is 14.3. The van der Waals surface area contributed by atoms with Gasteiger partial charge in [0.2, 0.25) is 6.29 Å². The molecule has 0 bridgehead atoms. The van der Waals surface area contributed by atoms with E-state index in [4.69, 9.17) is 9.47 Å². The van der Waals surface area contributed by atoms with Gasteiger partial charge in [0.25, 0.3) is 0 Å². The fraction of sp³-hybridized carbons (Fsp3) is 0.750. The van der Waals surface area contributed by atoms with E-state index in [0.29, 0.717) is 0 Å². The second-order valence-electron chi connectivity index (χ2n) is 3.52. The van der Waals surface area contributed by atoms with Gasteiger partial charge in [-0.2, -0.15) is 0 Å². The molecule has 2 atom stereocenters. The third-order valence-corrected chi connectivity index (χ3v) is 2.17. The van der Waals surface area contributed by atoms with Gasteiger partial charge < -0.3 is 9.47 Å². The van der Waals surface area contributed by atoms with Crippen molar-refractivity contribution in [1.29, 1.82) is 0 Å². The van der Waals surface area contributed by atoms with Crippen molar-refractivity contribution >= 4 is 5.97 Å². The van der Waals surface area contributed by atoms with E-state index in [1.165, 1.54) is 0 Å². The van der Waals surface area contributed by atoms with Crippen LogP contribution in [-0.2, 0) is 14.3 Å². The van der Waals surface area contributed by atoms with E-state index in [0.717, 1.165) is 31.8 Å². The smallest absolute Gasteiger partial charge is 0.332 e. The third kappa shape index (κ3) is 7.14. The van der Waals surface area contributed by atoms with E-state index in [1.54, 1.807) is 6.92 Å². The minimum Gasteiger partial charge on any atom is -0.433 e. The Morgan fingerprint density at radius 2 is 2.13 bits per heavy atom. The molecule has 0 aliphatic carbocycles. The molecule has 0 fully saturated rings. The molecule has 0 spiro atoms. The third-order valence-electron chi connectivity index (χ3n) is 2.17. The molecule has 0 aliphatic heterocycles. The summed E-state index contributed by atoms with van der Waals surface area (Å²) in [6.07, 6.45) is 5.09. The van der Waals surface area contributed by atoms with Gasteiger partial charge in [-0.3, -0.25) is 0 Å². The minimum absolute atomic E-state index is 0.178. The summed E-state index contributed by atoms with van der Waals surface area (Å²) >= 11 is 0. The lowest BCUT2D eigenvalue weighted by Crippen LogP contribution is -2.23. The van der Waals surface area contributed by atoms with Crippen LogP contribution in [0.25, 0.3) is 0 Å². The molecule has 0 rings (SSSR count). The summed E-state index contributed by atoms with van der Waals surface area (Å²) in [6.45, 7) is 9.28. The molecule has 0 saturated carbocycles. The SMILES string of the molecule is C=CC(=O)OC(C)OC(CC)CCCC. The first-order valence-electron chi connectivity index (χ1n) is 5.62. The Labute approximate surface area is 92.5 Å². The highest BCUT2D eigenvalue weighted by Gasteiger charge is 2.13. The van der Waals surface area contributed by atoms with Crippen LogP contribution in [0.4, 0.5) is 0 Å². The molecule has 0 heterocycles. The van der Waals surface area contributed by atoms with Crippen LogP contribution in [0.3, 0.4) is 0 Å². The summed E-state index contributed by atoms with van der Waals surface area (Å²) in [5, 5.41) is 0. The second kappa shape index (κ2) is 8.48. The van der Waals surface area contributed by atoms with E-state index < -0.39 is 12.3 Å². The highest BCUT2D eigenvalue weighted by molar-refractivity contribution is 5.81. The van der Waals surface area contributed by atoms with Crippen molar-refractivity contribution in [3.8, 4) is 0 Å². The Morgan fingerprint density at radius 1 is 1.47 bits per heavy atom. The molecule has 88 valence electrons. The first-order chi connectivity index (χ1) is 7.13. The quantitative estimate of drug-likeness (QED) is 0.354. The molecule has 2 unspecified atom stereocenters. The molecule has 3 nitrogen and oxygen atoms in total. The fourth-order valence-corrected chi connectivity index (χ4v) is 1.31. The second-order valence-corrected chi connectivity index (χ2v) is 3.52. The van der Waals surface area contributed by atoms with E-state index in [-0.39, 0.29) is 6.10 Å². The van der Waals surface area contributed by atoms with Gasteiger partial charge in [-0.1, -0.05) is 33.3 Å². The van der Waals surface area contributed by atoms with Crippen molar-refractivity contribution in [2.75, 3.05) is 0 Å². The summed E-state index contributed by atoms with van der Waals surface area (Å²) in [7, 11) is 0. The Balaban J connectivity index is 3.83. The number of rotatable bonds is 8. The van der Waals surface area contributed by atoms with Gasteiger partial charge in [-0.15, -0.1) is 0 Å². The van der Waals surface area contributed by atoms with Crippen LogP contribution in [0.1, 0.15) is 46.5 Å². The van der Waals surface area contributed by atoms with Gasteiger partial charge >= 0.3 is 5.97 Å². The molecule has 3 heteroatoms. The molecule has 0 amide bonds. The summed E-state index contributed by atoms with van der Waals surface area (Å²) in [5.74, 6) is -0.437. The predicted octanol–water partition coefficient (Wildman–Crippen LogP) is 3.05. The summed E-state index contributed by atoms with van der Waals surface area (Å²) in [6, 6.07) is 0. The Hall–Kier alpha value is -0.830. The van der Waals surface area contributed by atoms with Crippen LogP contribution >= 0.6 is 0 Å². The lowest BCUT2D eigenvalue weighted by Gasteiger charge is -2.20. The molecule has 0 saturated heterocycles. The molecule has 0 aliphatic rings. The van der Waals surface area contributed by atoms with Gasteiger partial charge in [0, 0.05) is 6.08 Å². The standard InChI is InChI=1S/C12H22O3/c1-5-8-9-11(6-2)14-10(4)15-12(13)7-3/h7,10-11H,3,5-6,8-9H2,1-2,4H3. The van der Waals surface area contributed by atoms with Crippen LogP contribution in [0.2, 0.25) is 0 Å². The molecule has 0 aromatic carbocycles. The van der Waals surface area contributed by atoms with Crippen LogP contribution < -0.4 is 0 Å². The highest BCUT2D eigenvalue weighted by Crippen LogP contribution is 2.11. The van der Waals surface area contributed by atoms with E-state index in [2.05, 4.69) is 20.4 Å². The number of carbonyl (C=O) groups is 1. The Kier molecular flexibility index (Phi) is 8.01. The largest absolute Gasteiger partial charge is 0.433 e. The molecular formula is C12H22O3. The number of ether oxygens (including phenoxy) is 2. The average Bonchev–Trinajstić information content (AvgIpc) is 2.23. The van der Waals surface area contributed by atoms with Crippen molar-refractivity contribution in [2.45, 2.75) is 58.8 Å². The summed E-state index contributed by atoms with van der Waals surface area (Å²) in [4.78, 5) is 10.9. The molecular weight excluding hydrogens is 192 g/mol. The number of carbonyl (C=O) groups excluding carboxylic acids is 1. The number of unbranched alkanes of at least 4 members (excludes halogenated alkanes) is 1. The zero-order valence-corrected chi connectivity index (χ0v) is 9.99. The van der Waals surface area contributed by atoms with Crippen LogP contribution in [0.5, 0.6) is 0 Å². The monoisotopic (exact) mass is 214 g/mol. The van der Waals surface area contributed by atoms with Crippen LogP contribution in [0, 0.1) is 0 Å². The number of hydrogen-bond donors (Lipinski definition) is 0. The first kappa shape index (κ1) is 14.2. The zero-order valence-electron chi connectivity index (χ0n) is 9.99. The predicted molar refractivity (Wildman–Crippen MR) is 60.4 cm³/mol. The van der Waals surface area contributed by atoms with Gasteiger partial charge in [-0.25, -0.2) is 4.79 Å². The lowest BCUT2D eigenvalue weighted by atomic mass is 10.1. The minimum atomic E-state index is -0.489. The van der Waals surface area contributed by atoms with Crippen molar-refractivity contribution in [2.24, 2.45) is 0 Å². The maximum absolute atomic E-state index is 10.9. The van der Waals surface area contributed by atoms with Crippen molar-refractivity contribution in [3.63, 3.8) is 0 Å². The van der Waals surface area contributed by atoms with Gasteiger partial charge in [0.1, 0.15) is 0 Å². The topological polar surface area (TPSA) is 35.5 Å². The first-order valence-corrected chi connectivity index (χ1v) is 5.62. The number of esters is 1. The Morgan fingerprint density at radius 3 is 2.60 bits per heavy atom. The maximum atomic E-state index is 10.9. The van der Waals surface area contributed by atoms with Gasteiger partial charge in [0.05, 0.1) is 6.10 Å². The molecule has 0 radical (unpaired) electrons. The van der Waals surface area contributed by atoms with Crippen LogP contribution in [0.15, 0.2) is 12.7 Å². The van der Waals surface area contributed by atoms with E-state index in [9.17, 15) is 4.79 Å². The average molecular weight is 214 g/mol. The molecule has 0 N–H and O–H groups in total. The lowest BCUT2D eigenvalue weighted by molar-refractivity contribution is -0.180. The number of hydrogen-bond acceptors (Lipinski definition) is 3. The van der Waals surface area contributed by atoms with Crippen LogP contribution in [-0.4, -0.2) is 18.4 Å². The van der Waals surface area contributed by atoms with Crippen molar-refractivity contribution in [1.82, 2.24) is 0 Å². The van der Waals surface area contributed by atoms with Crippen molar-refractivity contribution in [3.05, 3.63) is 12.7 Å². The van der Waals surface area contributed by atoms with Crippen molar-refractivity contribution < 1.29 is 14.3 Å². The summed E-state index contributed by atoms with van der Waals surface area (Å²) in [5.41, 5.74) is 0. The highest BCUT2D eigenvalue weighted by atomic mass is 16.7. The summed E-state index contributed by atoms with van der Waals surface area (Å²) < 4.78 is 10.5. The van der Waals surface area contributed by atoms with Gasteiger partial charge in [0.15, 0.2) is 0 Å². The van der Waals surface area contributed by atoms with E-state index in [1.807, 2.05) is 0 Å². The maximum Gasteiger partial charge on any atom is 0.332 e. The molecule has 0 aromatic rings. The van der Waals surface area contributed by atoms with Gasteiger partial charge in [-0.05, 0) is 19.8 Å².